The van der Waals surface area contributed by atoms with Crippen LogP contribution in [0.1, 0.15) is 47.1 Å². The third-order valence-corrected chi connectivity index (χ3v) is 16.8. The van der Waals surface area contributed by atoms with Gasteiger partial charge in [0.25, 0.3) is 0 Å². The van der Waals surface area contributed by atoms with Gasteiger partial charge in [-0.2, -0.15) is 0 Å². The van der Waals surface area contributed by atoms with Crippen molar-refractivity contribution in [2.75, 3.05) is 63.4 Å². The van der Waals surface area contributed by atoms with Crippen LogP contribution in [0.25, 0.3) is 33.4 Å². The molecule has 5 aliphatic rings. The van der Waals surface area contributed by atoms with Crippen molar-refractivity contribution in [3.63, 3.8) is 0 Å². The summed E-state index contributed by atoms with van der Waals surface area (Å²) in [4.78, 5) is 10.0. The number of benzene rings is 8. The highest BCUT2D eigenvalue weighted by Crippen LogP contribution is 2.61. The quantitative estimate of drug-likeness (QED) is 0.0691. The van der Waals surface area contributed by atoms with Gasteiger partial charge in [-0.05, 0) is 145 Å². The number of aryl methyl sites for hydroxylation is 2. The number of hydrogen-bond donors (Lipinski definition) is 1. The fourth-order valence-electron chi connectivity index (χ4n) is 11.1. The van der Waals surface area contributed by atoms with Gasteiger partial charge in [-0.3, -0.25) is 0 Å². The maximum atomic E-state index is 10.6. The van der Waals surface area contributed by atoms with Gasteiger partial charge in [-0.15, -0.1) is 0 Å². The molecule has 0 aromatic heterocycles. The van der Waals surface area contributed by atoms with E-state index in [1.54, 1.807) is 14.2 Å². The van der Waals surface area contributed by atoms with Crippen LogP contribution in [0.5, 0.6) is 11.5 Å². The molecular weight excluding hydrogens is 943 g/mol. The number of anilines is 4. The molecule has 366 valence electrons. The Morgan fingerprint density at radius 1 is 0.616 bits per heavy atom. The molecule has 73 heavy (non-hydrogen) atoms. The van der Waals surface area contributed by atoms with Crippen LogP contribution in [0.4, 0.5) is 22.7 Å². The number of piperidine rings is 1. The molecule has 0 atom stereocenters. The van der Waals surface area contributed by atoms with Gasteiger partial charge in [0.05, 0.1) is 37.3 Å². The number of aliphatic hydroxyl groups excluding tert-OH is 1. The van der Waals surface area contributed by atoms with Crippen LogP contribution in [-0.4, -0.2) is 58.7 Å². The first-order valence-corrected chi connectivity index (χ1v) is 26.9. The molecular formula is C63H58N3O5S2+. The summed E-state index contributed by atoms with van der Waals surface area (Å²) >= 11 is 3.74. The lowest BCUT2D eigenvalue weighted by atomic mass is 9.80. The zero-order valence-corrected chi connectivity index (χ0v) is 43.3. The summed E-state index contributed by atoms with van der Waals surface area (Å²) in [6, 6.07) is 58.4. The lowest BCUT2D eigenvalue weighted by Crippen LogP contribution is -2.39. The van der Waals surface area contributed by atoms with Crippen molar-refractivity contribution in [1.82, 2.24) is 4.58 Å². The van der Waals surface area contributed by atoms with Crippen LogP contribution in [0.3, 0.4) is 0 Å². The number of aliphatic hydroxyl groups is 1. The third-order valence-electron chi connectivity index (χ3n) is 14.7. The second-order valence-corrected chi connectivity index (χ2v) is 21.4. The van der Waals surface area contributed by atoms with Crippen molar-refractivity contribution < 1.29 is 23.7 Å². The van der Waals surface area contributed by atoms with Gasteiger partial charge in [0.2, 0.25) is 5.36 Å². The number of rotatable bonds is 13. The van der Waals surface area contributed by atoms with E-state index in [1.807, 2.05) is 53.9 Å². The Bertz CT molecular complexity index is 3500. The first-order chi connectivity index (χ1) is 35.8. The molecule has 8 nitrogen and oxygen atoms in total. The number of methoxy groups -OCH3 is 2. The van der Waals surface area contributed by atoms with E-state index < -0.39 is 5.60 Å². The smallest absolute Gasteiger partial charge is 0.203 e. The van der Waals surface area contributed by atoms with Gasteiger partial charge in [-0.1, -0.05) is 90.3 Å². The van der Waals surface area contributed by atoms with E-state index in [4.69, 9.17) is 18.6 Å². The number of fused-ring (bicyclic) bond motifs is 6. The Balaban J connectivity index is 0.975. The minimum atomic E-state index is -0.977. The molecule has 1 aliphatic carbocycles. The highest BCUT2D eigenvalue weighted by atomic mass is 32.2. The summed E-state index contributed by atoms with van der Waals surface area (Å²) < 4.78 is 27.8. The molecule has 7 aromatic carbocycles. The van der Waals surface area contributed by atoms with Crippen molar-refractivity contribution in [2.24, 2.45) is 0 Å². The van der Waals surface area contributed by atoms with Gasteiger partial charge in [0.15, 0.2) is 13.1 Å². The van der Waals surface area contributed by atoms with Crippen LogP contribution >= 0.6 is 23.5 Å². The topological polar surface area (TPSA) is 70.6 Å². The fraction of sp³-hybridized carbons (Fsp3) is 0.222. The van der Waals surface area contributed by atoms with Crippen molar-refractivity contribution >= 4 is 57.2 Å². The summed E-state index contributed by atoms with van der Waals surface area (Å²) in [6.45, 7) is 7.66. The second kappa shape index (κ2) is 19.8. The number of ether oxygens (including phenoxy) is 3. The van der Waals surface area contributed by atoms with Gasteiger partial charge >= 0.3 is 0 Å². The summed E-state index contributed by atoms with van der Waals surface area (Å²) in [5, 5.41) is 12.7. The Kier molecular flexibility index (Phi) is 12.8. The lowest BCUT2D eigenvalue weighted by Gasteiger charge is -2.39. The van der Waals surface area contributed by atoms with Crippen LogP contribution in [0.2, 0.25) is 0 Å². The zero-order chi connectivity index (χ0) is 49.6. The fourth-order valence-corrected chi connectivity index (χ4v) is 13.7. The van der Waals surface area contributed by atoms with E-state index in [0.717, 1.165) is 80.1 Å². The molecule has 0 spiro atoms. The molecule has 4 heterocycles. The molecule has 4 aliphatic heterocycles. The molecule has 0 radical (unpaired) electrons. The molecule has 10 heteroatoms. The summed E-state index contributed by atoms with van der Waals surface area (Å²) in [5.74, 6) is 2.31. The molecule has 0 bridgehead atoms. The summed E-state index contributed by atoms with van der Waals surface area (Å²) in [7, 11) is 3.36. The highest BCUT2D eigenvalue weighted by molar-refractivity contribution is 8.00. The molecule has 0 saturated carbocycles. The molecule has 12 rings (SSSR count). The molecule has 1 N–H and O–H groups in total. The average Bonchev–Trinajstić information content (AvgIpc) is 3.43. The van der Waals surface area contributed by atoms with Crippen LogP contribution < -0.4 is 29.2 Å². The zero-order valence-electron chi connectivity index (χ0n) is 41.7. The monoisotopic (exact) mass is 1000 g/mol. The maximum absolute atomic E-state index is 10.6. The Morgan fingerprint density at radius 3 is 1.93 bits per heavy atom. The summed E-state index contributed by atoms with van der Waals surface area (Å²) in [6.07, 6.45) is 3.64. The van der Waals surface area contributed by atoms with Gasteiger partial charge in [0.1, 0.15) is 41.7 Å². The molecule has 7 aromatic rings. The van der Waals surface area contributed by atoms with E-state index in [-0.39, 0.29) is 6.61 Å². The third kappa shape index (κ3) is 8.64. The van der Waals surface area contributed by atoms with E-state index in [9.17, 15) is 5.11 Å². The number of nitrogens with zero attached hydrogens (tertiary/aromatic N) is 3. The minimum Gasteiger partial charge on any atom is -0.497 e. The van der Waals surface area contributed by atoms with Crippen LogP contribution in [0.15, 0.2) is 188 Å². The maximum Gasteiger partial charge on any atom is 0.203 e. The molecule has 0 amide bonds. The summed E-state index contributed by atoms with van der Waals surface area (Å²) in [5.41, 5.74) is 13.5. The normalized spacial score (nSPS) is 14.4. The first kappa shape index (κ1) is 47.1. The Hall–Kier alpha value is -6.95. The van der Waals surface area contributed by atoms with E-state index in [0.29, 0.717) is 19.7 Å². The van der Waals surface area contributed by atoms with Gasteiger partial charge in [-0.25, -0.2) is 4.58 Å². The standard InChI is InChI=1S/C63H58N3O5S2/c1-41-13-27-53-57(35-41)72-59-36-42(2)37-60-62(59)66(53)54-28-14-43(38-58(54)73-60)61-51-25-19-47(64-29-9-6-10-30-64)39-55(51)71-56-40-48(20-26-52(56)61)65(31-33-67)32-34-70-63(44-11-7-5-8-12-44,45-15-21-49(68-3)22-16-45)46-17-23-50(69-4)24-18-46/h5,7-8,11-28,35-40,67H,6,9-10,29-34H2,1-4H3/q+1. The predicted octanol–water partition coefficient (Wildman–Crippen LogP) is 14.0. The van der Waals surface area contributed by atoms with Gasteiger partial charge in [0, 0.05) is 67.0 Å². The van der Waals surface area contributed by atoms with Crippen LogP contribution in [-0.2, 0) is 10.3 Å². The van der Waals surface area contributed by atoms with E-state index >= 15 is 0 Å². The van der Waals surface area contributed by atoms with Crippen LogP contribution in [0, 0.1) is 13.8 Å². The molecule has 1 fully saturated rings. The molecule has 0 unspecified atom stereocenters. The Labute approximate surface area is 435 Å². The van der Waals surface area contributed by atoms with Crippen molar-refractivity contribution in [2.45, 2.75) is 58.3 Å². The average molecular weight is 1000 g/mol. The molecule has 1 saturated heterocycles. The van der Waals surface area contributed by atoms with E-state index in [1.165, 1.54) is 72.7 Å². The van der Waals surface area contributed by atoms with Crippen molar-refractivity contribution in [3.8, 4) is 33.9 Å². The van der Waals surface area contributed by atoms with E-state index in [2.05, 4.69) is 162 Å². The van der Waals surface area contributed by atoms with Crippen molar-refractivity contribution in [3.05, 3.63) is 197 Å². The van der Waals surface area contributed by atoms with Crippen molar-refractivity contribution in [1.29, 1.82) is 0 Å². The predicted molar refractivity (Wildman–Crippen MR) is 297 cm³/mol. The second-order valence-electron chi connectivity index (χ2n) is 19.3. The first-order valence-electron chi connectivity index (χ1n) is 25.3. The number of hydrogen-bond acceptors (Lipinski definition) is 9. The largest absolute Gasteiger partial charge is 0.497 e. The SMILES string of the molecule is COc1ccc(C(OCC[N+](CCO)=c2ccc3c(-c4ccc5c(c4)Sc4cc(C)cc6c4N5c4ccc(C)cc4S6)c4ccc(N5CCCCC5)cc4oc-3c2)(c2ccccc2)c2ccc(OC)cc2)cc1. The minimum absolute atomic E-state index is 0.0329. The highest BCUT2D eigenvalue weighted by Gasteiger charge is 2.39. The van der Waals surface area contributed by atoms with Gasteiger partial charge < -0.3 is 33.5 Å². The lowest BCUT2D eigenvalue weighted by molar-refractivity contribution is 0.0123. The Morgan fingerprint density at radius 2 is 1.26 bits per heavy atom.